The molecular weight excluding hydrogens is 292 g/mol. The quantitative estimate of drug-likeness (QED) is 0.417. The number of nitrogens with one attached hydrogen (secondary N) is 2. The van der Waals surface area contributed by atoms with Crippen molar-refractivity contribution in [2.24, 2.45) is 4.99 Å². The van der Waals surface area contributed by atoms with Gasteiger partial charge in [-0.15, -0.1) is 0 Å². The lowest BCUT2D eigenvalue weighted by Crippen LogP contribution is -2.45. The van der Waals surface area contributed by atoms with Gasteiger partial charge in [0, 0.05) is 38.9 Å². The third-order valence-electron chi connectivity index (χ3n) is 3.68. The molecule has 0 saturated heterocycles. The summed E-state index contributed by atoms with van der Waals surface area (Å²) in [4.78, 5) is 6.56. The Bertz CT molecular complexity index is 422. The molecule has 0 fully saturated rings. The zero-order valence-corrected chi connectivity index (χ0v) is 15.1. The zero-order valence-electron chi connectivity index (χ0n) is 14.3. The van der Waals surface area contributed by atoms with Crippen LogP contribution in [0.4, 0.5) is 5.69 Å². The van der Waals surface area contributed by atoms with E-state index in [0.717, 1.165) is 19.0 Å². The molecule has 0 aliphatic heterocycles. The van der Waals surface area contributed by atoms with Crippen molar-refractivity contribution >= 4 is 23.4 Å². The number of aliphatic imine (C=N–C) groups is 1. The van der Waals surface area contributed by atoms with Gasteiger partial charge in [0.2, 0.25) is 0 Å². The summed E-state index contributed by atoms with van der Waals surface area (Å²) in [5, 5.41) is 6.78. The van der Waals surface area contributed by atoms with Gasteiger partial charge >= 0.3 is 0 Å². The minimum absolute atomic E-state index is 0.387. The summed E-state index contributed by atoms with van der Waals surface area (Å²) in [5.74, 6) is 2.12. The maximum atomic E-state index is 4.28. The van der Waals surface area contributed by atoms with E-state index in [9.17, 15) is 0 Å². The minimum atomic E-state index is 0.387. The van der Waals surface area contributed by atoms with E-state index < -0.39 is 0 Å². The van der Waals surface area contributed by atoms with Gasteiger partial charge in [-0.3, -0.25) is 4.99 Å². The maximum absolute atomic E-state index is 4.28. The molecule has 1 aromatic carbocycles. The van der Waals surface area contributed by atoms with Crippen molar-refractivity contribution in [3.05, 3.63) is 30.3 Å². The van der Waals surface area contributed by atoms with E-state index in [2.05, 4.69) is 65.0 Å². The van der Waals surface area contributed by atoms with Crippen LogP contribution >= 0.6 is 11.8 Å². The molecule has 0 spiro atoms. The lowest BCUT2D eigenvalue weighted by Gasteiger charge is -2.27. The highest BCUT2D eigenvalue weighted by Gasteiger charge is 2.10. The van der Waals surface area contributed by atoms with Crippen LogP contribution in [-0.2, 0) is 0 Å². The van der Waals surface area contributed by atoms with Crippen LogP contribution in [0.5, 0.6) is 0 Å². The van der Waals surface area contributed by atoms with Gasteiger partial charge < -0.3 is 15.5 Å². The summed E-state index contributed by atoms with van der Waals surface area (Å²) < 4.78 is 0. The van der Waals surface area contributed by atoms with E-state index in [4.69, 9.17) is 0 Å². The third kappa shape index (κ3) is 7.07. The number of likely N-dealkylation sites (N-methyl/N-ethyl adjacent to an activating group) is 1. The fraction of sp³-hybridized carbons (Fsp3) is 0.588. The largest absolute Gasteiger partial charge is 0.370 e. The SMILES string of the molecule is CN=C(NCCCCSC)NCC(C)N(C)c1ccccc1. The summed E-state index contributed by atoms with van der Waals surface area (Å²) in [7, 11) is 3.95. The fourth-order valence-corrected chi connectivity index (χ4v) is 2.59. The Morgan fingerprint density at radius 2 is 1.95 bits per heavy atom. The lowest BCUT2D eigenvalue weighted by atomic mass is 10.2. The Balaban J connectivity index is 2.30. The van der Waals surface area contributed by atoms with Crippen molar-refractivity contribution in [1.82, 2.24) is 10.6 Å². The Morgan fingerprint density at radius 1 is 1.23 bits per heavy atom. The number of para-hydroxylation sites is 1. The number of unbranched alkanes of at least 4 members (excludes halogenated alkanes) is 1. The molecule has 0 radical (unpaired) electrons. The van der Waals surface area contributed by atoms with Crippen LogP contribution in [0.1, 0.15) is 19.8 Å². The number of rotatable bonds is 9. The first kappa shape index (κ1) is 18.7. The predicted octanol–water partition coefficient (Wildman–Crippen LogP) is 2.82. The van der Waals surface area contributed by atoms with Crippen molar-refractivity contribution in [1.29, 1.82) is 0 Å². The molecule has 1 unspecified atom stereocenters. The smallest absolute Gasteiger partial charge is 0.191 e. The molecule has 1 aromatic rings. The third-order valence-corrected chi connectivity index (χ3v) is 4.38. The first-order valence-electron chi connectivity index (χ1n) is 7.90. The molecule has 0 aromatic heterocycles. The molecule has 0 heterocycles. The molecule has 0 saturated carbocycles. The highest BCUT2D eigenvalue weighted by Crippen LogP contribution is 2.13. The average Bonchev–Trinajstić information content (AvgIpc) is 2.57. The summed E-state index contributed by atoms with van der Waals surface area (Å²) in [6.45, 7) is 4.05. The van der Waals surface area contributed by atoms with Crippen LogP contribution in [0.25, 0.3) is 0 Å². The lowest BCUT2D eigenvalue weighted by molar-refractivity contribution is 0.644. The van der Waals surface area contributed by atoms with Crippen LogP contribution in [-0.4, -0.2) is 51.2 Å². The standard InChI is InChI=1S/C17H30N4S/c1-15(21(3)16-10-6-5-7-11-16)14-20-17(18-2)19-12-8-9-13-22-4/h5-7,10-11,15H,8-9,12-14H2,1-4H3,(H2,18,19,20). The van der Waals surface area contributed by atoms with Crippen LogP contribution in [0.2, 0.25) is 0 Å². The zero-order chi connectivity index (χ0) is 16.2. The molecule has 1 atom stereocenters. The summed E-state index contributed by atoms with van der Waals surface area (Å²) >= 11 is 1.90. The summed E-state index contributed by atoms with van der Waals surface area (Å²) in [6, 6.07) is 10.8. The van der Waals surface area contributed by atoms with Crippen LogP contribution in [0.15, 0.2) is 35.3 Å². The highest BCUT2D eigenvalue weighted by molar-refractivity contribution is 7.98. The first-order chi connectivity index (χ1) is 10.7. The Labute approximate surface area is 139 Å². The number of hydrogen-bond acceptors (Lipinski definition) is 3. The highest BCUT2D eigenvalue weighted by atomic mass is 32.2. The maximum Gasteiger partial charge on any atom is 0.191 e. The topological polar surface area (TPSA) is 39.7 Å². The van der Waals surface area contributed by atoms with Crippen molar-refractivity contribution in [2.75, 3.05) is 44.1 Å². The van der Waals surface area contributed by atoms with Crippen LogP contribution in [0, 0.1) is 0 Å². The van der Waals surface area contributed by atoms with Crippen LogP contribution in [0.3, 0.4) is 0 Å². The van der Waals surface area contributed by atoms with Crippen molar-refractivity contribution in [3.63, 3.8) is 0 Å². The second kappa shape index (κ2) is 11.2. The molecule has 2 N–H and O–H groups in total. The van der Waals surface area contributed by atoms with Gasteiger partial charge in [0.25, 0.3) is 0 Å². The number of nitrogens with zero attached hydrogens (tertiary/aromatic N) is 2. The van der Waals surface area contributed by atoms with Gasteiger partial charge in [0.1, 0.15) is 0 Å². The Morgan fingerprint density at radius 3 is 2.59 bits per heavy atom. The van der Waals surface area contributed by atoms with E-state index in [1.54, 1.807) is 0 Å². The van der Waals surface area contributed by atoms with Gasteiger partial charge in [-0.2, -0.15) is 11.8 Å². The van der Waals surface area contributed by atoms with E-state index in [1.807, 2.05) is 24.9 Å². The van der Waals surface area contributed by atoms with Gasteiger partial charge in [0.15, 0.2) is 5.96 Å². The molecule has 5 heteroatoms. The molecule has 1 rings (SSSR count). The summed E-state index contributed by atoms with van der Waals surface area (Å²) in [6.07, 6.45) is 4.58. The van der Waals surface area contributed by atoms with Crippen LogP contribution < -0.4 is 15.5 Å². The van der Waals surface area contributed by atoms with Crippen molar-refractivity contribution in [3.8, 4) is 0 Å². The molecule has 124 valence electrons. The second-order valence-electron chi connectivity index (χ2n) is 5.38. The van der Waals surface area contributed by atoms with E-state index >= 15 is 0 Å². The average molecular weight is 323 g/mol. The van der Waals surface area contributed by atoms with E-state index in [-0.39, 0.29) is 0 Å². The monoisotopic (exact) mass is 322 g/mol. The van der Waals surface area contributed by atoms with E-state index in [0.29, 0.717) is 6.04 Å². The molecule has 0 amide bonds. The molecule has 4 nitrogen and oxygen atoms in total. The van der Waals surface area contributed by atoms with Crippen molar-refractivity contribution in [2.45, 2.75) is 25.8 Å². The Hall–Kier alpha value is -1.36. The predicted molar refractivity (Wildman–Crippen MR) is 101 cm³/mol. The Kier molecular flexibility index (Phi) is 9.55. The van der Waals surface area contributed by atoms with E-state index in [1.165, 1.54) is 24.3 Å². The second-order valence-corrected chi connectivity index (χ2v) is 6.36. The fourth-order valence-electron chi connectivity index (χ4n) is 2.10. The number of anilines is 1. The molecule has 22 heavy (non-hydrogen) atoms. The van der Waals surface area contributed by atoms with Gasteiger partial charge in [-0.05, 0) is 43.9 Å². The molecule has 0 aliphatic carbocycles. The van der Waals surface area contributed by atoms with Gasteiger partial charge in [-0.1, -0.05) is 18.2 Å². The van der Waals surface area contributed by atoms with Crippen molar-refractivity contribution < 1.29 is 0 Å². The first-order valence-corrected chi connectivity index (χ1v) is 9.29. The number of benzene rings is 1. The number of guanidine groups is 1. The molecule has 0 aliphatic rings. The molecule has 0 bridgehead atoms. The number of hydrogen-bond donors (Lipinski definition) is 2. The molecular formula is C17H30N4S. The van der Waals surface area contributed by atoms with Gasteiger partial charge in [-0.25, -0.2) is 0 Å². The van der Waals surface area contributed by atoms with Gasteiger partial charge in [0.05, 0.1) is 0 Å². The normalized spacial score (nSPS) is 12.8. The summed E-state index contributed by atoms with van der Waals surface area (Å²) in [5.41, 5.74) is 1.23. The number of thioether (sulfide) groups is 1. The minimum Gasteiger partial charge on any atom is -0.370 e.